The number of hydrogen-bond acceptors (Lipinski definition) is 2. The monoisotopic (exact) mass is 315 g/mol. The molecule has 96 valence electrons. The van der Waals surface area contributed by atoms with Crippen molar-refractivity contribution >= 4 is 27.0 Å². The van der Waals surface area contributed by atoms with Crippen LogP contribution >= 0.6 is 15.9 Å². The SMILES string of the molecule is CCn1c(Cc2cccc(Br)n2)nc2ccccc21. The van der Waals surface area contributed by atoms with Crippen LogP contribution < -0.4 is 0 Å². The van der Waals surface area contributed by atoms with Gasteiger partial charge in [-0.15, -0.1) is 0 Å². The second kappa shape index (κ2) is 5.13. The zero-order valence-electron chi connectivity index (χ0n) is 10.7. The lowest BCUT2D eigenvalue weighted by atomic mass is 10.2. The number of aryl methyl sites for hydroxylation is 1. The number of nitrogens with zero attached hydrogens (tertiary/aromatic N) is 3. The maximum absolute atomic E-state index is 4.72. The number of halogens is 1. The molecule has 0 aliphatic rings. The molecular formula is C15H14BrN3. The van der Waals surface area contributed by atoms with Crippen LogP contribution in [0.15, 0.2) is 47.1 Å². The van der Waals surface area contributed by atoms with Crippen molar-refractivity contribution in [2.24, 2.45) is 0 Å². The number of aromatic nitrogens is 3. The van der Waals surface area contributed by atoms with Gasteiger partial charge in [0.1, 0.15) is 10.4 Å². The Balaban J connectivity index is 2.05. The molecule has 3 nitrogen and oxygen atoms in total. The number of rotatable bonds is 3. The summed E-state index contributed by atoms with van der Waals surface area (Å²) < 4.78 is 3.11. The van der Waals surface area contributed by atoms with Crippen LogP contribution in [0.25, 0.3) is 11.0 Å². The first-order valence-electron chi connectivity index (χ1n) is 6.33. The summed E-state index contributed by atoms with van der Waals surface area (Å²) in [5.74, 6) is 1.06. The molecule has 2 aromatic heterocycles. The summed E-state index contributed by atoms with van der Waals surface area (Å²) >= 11 is 3.41. The van der Waals surface area contributed by atoms with Crippen molar-refractivity contribution in [1.82, 2.24) is 14.5 Å². The molecule has 4 heteroatoms. The van der Waals surface area contributed by atoms with Gasteiger partial charge in [-0.3, -0.25) is 0 Å². The van der Waals surface area contributed by atoms with Gasteiger partial charge in [-0.2, -0.15) is 0 Å². The molecule has 3 aromatic rings. The van der Waals surface area contributed by atoms with E-state index < -0.39 is 0 Å². The summed E-state index contributed by atoms with van der Waals surface area (Å²) in [7, 11) is 0. The molecule has 0 aliphatic heterocycles. The van der Waals surface area contributed by atoms with Crippen molar-refractivity contribution < 1.29 is 0 Å². The minimum absolute atomic E-state index is 0.752. The third-order valence-corrected chi connectivity index (χ3v) is 3.60. The van der Waals surface area contributed by atoms with Crippen molar-refractivity contribution in [2.45, 2.75) is 19.9 Å². The van der Waals surface area contributed by atoms with Gasteiger partial charge in [0.25, 0.3) is 0 Å². The Morgan fingerprint density at radius 3 is 2.68 bits per heavy atom. The van der Waals surface area contributed by atoms with Crippen LogP contribution in [0.5, 0.6) is 0 Å². The molecule has 3 rings (SSSR count). The molecule has 0 fully saturated rings. The number of fused-ring (bicyclic) bond motifs is 1. The lowest BCUT2D eigenvalue weighted by molar-refractivity contribution is 0.728. The summed E-state index contributed by atoms with van der Waals surface area (Å²) in [5, 5.41) is 0. The predicted molar refractivity (Wildman–Crippen MR) is 80.2 cm³/mol. The number of benzene rings is 1. The maximum atomic E-state index is 4.72. The van der Waals surface area contributed by atoms with Gasteiger partial charge < -0.3 is 4.57 Å². The highest BCUT2D eigenvalue weighted by Crippen LogP contribution is 2.18. The molecule has 0 saturated heterocycles. The van der Waals surface area contributed by atoms with Crippen molar-refractivity contribution in [3.63, 3.8) is 0 Å². The standard InChI is InChI=1S/C15H14BrN3/c1-2-19-13-8-4-3-7-12(13)18-15(19)10-11-6-5-9-14(16)17-11/h3-9H,2,10H2,1H3. The second-order valence-corrected chi connectivity index (χ2v) is 5.20. The lowest BCUT2D eigenvalue weighted by Gasteiger charge is -2.05. The maximum Gasteiger partial charge on any atom is 0.115 e. The van der Waals surface area contributed by atoms with E-state index in [1.807, 2.05) is 24.3 Å². The number of hydrogen-bond donors (Lipinski definition) is 0. The molecule has 0 amide bonds. The second-order valence-electron chi connectivity index (χ2n) is 4.39. The van der Waals surface area contributed by atoms with E-state index in [4.69, 9.17) is 4.98 Å². The van der Waals surface area contributed by atoms with Crippen LogP contribution in [0.4, 0.5) is 0 Å². The first-order valence-corrected chi connectivity index (χ1v) is 7.13. The van der Waals surface area contributed by atoms with Crippen LogP contribution in [0.1, 0.15) is 18.4 Å². The molecular weight excluding hydrogens is 302 g/mol. The highest BCUT2D eigenvalue weighted by atomic mass is 79.9. The Hall–Kier alpha value is -1.68. The van der Waals surface area contributed by atoms with E-state index in [9.17, 15) is 0 Å². The summed E-state index contributed by atoms with van der Waals surface area (Å²) in [6.45, 7) is 3.07. The molecule has 1 aromatic carbocycles. The Kier molecular flexibility index (Phi) is 3.34. The molecule has 0 saturated carbocycles. The Morgan fingerprint density at radius 2 is 1.89 bits per heavy atom. The molecule has 0 N–H and O–H groups in total. The number of imidazole rings is 1. The zero-order chi connectivity index (χ0) is 13.2. The van der Waals surface area contributed by atoms with Gasteiger partial charge in [-0.25, -0.2) is 9.97 Å². The highest BCUT2D eigenvalue weighted by Gasteiger charge is 2.10. The van der Waals surface area contributed by atoms with E-state index in [1.54, 1.807) is 0 Å². The van der Waals surface area contributed by atoms with Crippen molar-refractivity contribution in [2.75, 3.05) is 0 Å². The Bertz CT molecular complexity index is 718. The fraction of sp³-hybridized carbons (Fsp3) is 0.200. The number of pyridine rings is 1. The third kappa shape index (κ3) is 2.40. The average Bonchev–Trinajstić information content (AvgIpc) is 2.75. The Labute approximate surface area is 120 Å². The third-order valence-electron chi connectivity index (χ3n) is 3.16. The lowest BCUT2D eigenvalue weighted by Crippen LogP contribution is -2.03. The summed E-state index contributed by atoms with van der Waals surface area (Å²) in [6, 6.07) is 14.2. The quantitative estimate of drug-likeness (QED) is 0.688. The van der Waals surface area contributed by atoms with Crippen molar-refractivity contribution in [3.05, 3.63) is 58.6 Å². The van der Waals surface area contributed by atoms with E-state index in [-0.39, 0.29) is 0 Å². The van der Waals surface area contributed by atoms with Crippen LogP contribution in [-0.2, 0) is 13.0 Å². The van der Waals surface area contributed by atoms with Crippen LogP contribution in [0.2, 0.25) is 0 Å². The van der Waals surface area contributed by atoms with Gasteiger partial charge >= 0.3 is 0 Å². The Morgan fingerprint density at radius 1 is 1.05 bits per heavy atom. The fourth-order valence-corrected chi connectivity index (χ4v) is 2.70. The molecule has 0 radical (unpaired) electrons. The van der Waals surface area contributed by atoms with E-state index in [1.165, 1.54) is 5.52 Å². The van der Waals surface area contributed by atoms with Crippen molar-refractivity contribution in [1.29, 1.82) is 0 Å². The van der Waals surface area contributed by atoms with Crippen molar-refractivity contribution in [3.8, 4) is 0 Å². The highest BCUT2D eigenvalue weighted by molar-refractivity contribution is 9.10. The van der Waals surface area contributed by atoms with Crippen LogP contribution in [0.3, 0.4) is 0 Å². The van der Waals surface area contributed by atoms with Gasteiger partial charge in [-0.05, 0) is 47.1 Å². The molecule has 2 heterocycles. The normalized spacial score (nSPS) is 11.1. The zero-order valence-corrected chi connectivity index (χ0v) is 12.3. The van der Waals surface area contributed by atoms with Crippen LogP contribution in [-0.4, -0.2) is 14.5 Å². The topological polar surface area (TPSA) is 30.7 Å². The largest absolute Gasteiger partial charge is 0.328 e. The molecule has 19 heavy (non-hydrogen) atoms. The van der Waals surface area contributed by atoms with E-state index in [0.29, 0.717) is 0 Å². The van der Waals surface area contributed by atoms with E-state index in [0.717, 1.165) is 34.6 Å². The van der Waals surface area contributed by atoms with Crippen LogP contribution in [0, 0.1) is 0 Å². The van der Waals surface area contributed by atoms with Gasteiger partial charge in [0.15, 0.2) is 0 Å². The number of para-hydroxylation sites is 2. The van der Waals surface area contributed by atoms with E-state index in [2.05, 4.69) is 50.6 Å². The van der Waals surface area contributed by atoms with Gasteiger partial charge in [0.2, 0.25) is 0 Å². The van der Waals surface area contributed by atoms with Gasteiger partial charge in [0.05, 0.1) is 11.0 Å². The van der Waals surface area contributed by atoms with Gasteiger partial charge in [0, 0.05) is 18.7 Å². The molecule has 0 bridgehead atoms. The minimum atomic E-state index is 0.752. The summed E-state index contributed by atoms with van der Waals surface area (Å²) in [6.07, 6.45) is 0.752. The summed E-state index contributed by atoms with van der Waals surface area (Å²) in [4.78, 5) is 9.19. The average molecular weight is 316 g/mol. The first kappa shape index (κ1) is 12.4. The van der Waals surface area contributed by atoms with E-state index >= 15 is 0 Å². The summed E-state index contributed by atoms with van der Waals surface area (Å²) in [5.41, 5.74) is 3.27. The minimum Gasteiger partial charge on any atom is -0.328 e. The fourth-order valence-electron chi connectivity index (χ4n) is 2.32. The molecule has 0 atom stereocenters. The smallest absolute Gasteiger partial charge is 0.115 e. The van der Waals surface area contributed by atoms with Gasteiger partial charge in [-0.1, -0.05) is 18.2 Å². The molecule has 0 spiro atoms. The first-order chi connectivity index (χ1) is 9.28. The molecule has 0 aliphatic carbocycles. The predicted octanol–water partition coefficient (Wildman–Crippen LogP) is 3.80. The molecule has 0 unspecified atom stereocenters.